The minimum atomic E-state index is 0.415. The molecular weight excluding hydrogens is 244 g/mol. The molecule has 1 aromatic rings. The summed E-state index contributed by atoms with van der Waals surface area (Å²) in [5.74, 6) is 6.69. The van der Waals surface area contributed by atoms with Crippen LogP contribution in [0.2, 0.25) is 0 Å². The van der Waals surface area contributed by atoms with E-state index in [1.54, 1.807) is 0 Å². The Labute approximate surface area is 124 Å². The summed E-state index contributed by atoms with van der Waals surface area (Å²) >= 11 is 0. The lowest BCUT2D eigenvalue weighted by atomic mass is 9.88. The third-order valence-corrected chi connectivity index (χ3v) is 4.92. The van der Waals surface area contributed by atoms with E-state index in [1.165, 1.54) is 61.6 Å². The molecule has 2 heteroatoms. The highest BCUT2D eigenvalue weighted by Crippen LogP contribution is 2.27. The van der Waals surface area contributed by atoms with Gasteiger partial charge in [-0.05, 0) is 49.3 Å². The zero-order valence-corrected chi connectivity index (χ0v) is 13.1. The van der Waals surface area contributed by atoms with Gasteiger partial charge in [0.1, 0.15) is 0 Å². The average molecular weight is 274 g/mol. The molecule has 0 radical (unpaired) electrons. The van der Waals surface area contributed by atoms with Crippen LogP contribution in [0.1, 0.15) is 61.6 Å². The molecule has 1 fully saturated rings. The maximum atomic E-state index is 5.83. The maximum Gasteiger partial charge on any atom is 0.0253 e. The summed E-state index contributed by atoms with van der Waals surface area (Å²) in [5.41, 5.74) is 7.34. The second kappa shape index (κ2) is 7.80. The first-order valence-electron chi connectivity index (χ1n) is 8.22. The Hall–Kier alpha value is -0.860. The fourth-order valence-electron chi connectivity index (χ4n) is 3.63. The van der Waals surface area contributed by atoms with E-state index < -0.39 is 0 Å². The molecule has 2 nitrogen and oxygen atoms in total. The van der Waals surface area contributed by atoms with Crippen molar-refractivity contribution >= 4 is 0 Å². The Balaban J connectivity index is 1.97. The van der Waals surface area contributed by atoms with Crippen molar-refractivity contribution in [3.8, 4) is 0 Å². The number of nitrogens with one attached hydrogen (secondary N) is 1. The molecule has 0 amide bonds. The molecule has 1 aromatic carbocycles. The van der Waals surface area contributed by atoms with E-state index in [-0.39, 0.29) is 0 Å². The predicted molar refractivity (Wildman–Crippen MR) is 86.5 cm³/mol. The van der Waals surface area contributed by atoms with Crippen molar-refractivity contribution in [1.82, 2.24) is 5.43 Å². The van der Waals surface area contributed by atoms with Gasteiger partial charge < -0.3 is 0 Å². The van der Waals surface area contributed by atoms with Crippen molar-refractivity contribution < 1.29 is 0 Å². The summed E-state index contributed by atoms with van der Waals surface area (Å²) in [7, 11) is 0. The van der Waals surface area contributed by atoms with Crippen LogP contribution in [-0.4, -0.2) is 6.04 Å². The van der Waals surface area contributed by atoms with Gasteiger partial charge in [0.05, 0.1) is 0 Å². The van der Waals surface area contributed by atoms with E-state index in [9.17, 15) is 0 Å². The third-order valence-electron chi connectivity index (χ3n) is 4.92. The molecule has 0 spiro atoms. The Kier molecular flexibility index (Phi) is 6.06. The summed E-state index contributed by atoms with van der Waals surface area (Å²) in [6, 6.07) is 6.98. The van der Waals surface area contributed by atoms with Crippen molar-refractivity contribution in [3.05, 3.63) is 34.9 Å². The lowest BCUT2D eigenvalue weighted by Gasteiger charge is -2.23. The summed E-state index contributed by atoms with van der Waals surface area (Å²) in [5, 5.41) is 0. The first-order chi connectivity index (χ1) is 9.70. The fraction of sp³-hybridized carbons (Fsp3) is 0.667. The number of rotatable bonds is 5. The summed E-state index contributed by atoms with van der Waals surface area (Å²) in [6.07, 6.45) is 10.7. The number of benzene rings is 1. The van der Waals surface area contributed by atoms with Gasteiger partial charge in [0, 0.05) is 6.04 Å². The van der Waals surface area contributed by atoms with Gasteiger partial charge in [-0.25, -0.2) is 0 Å². The smallest absolute Gasteiger partial charge is 0.0253 e. The molecule has 0 saturated heterocycles. The van der Waals surface area contributed by atoms with Gasteiger partial charge in [-0.3, -0.25) is 11.3 Å². The van der Waals surface area contributed by atoms with E-state index in [4.69, 9.17) is 5.84 Å². The summed E-state index contributed by atoms with van der Waals surface area (Å²) < 4.78 is 0. The minimum absolute atomic E-state index is 0.415. The molecule has 0 aromatic heterocycles. The van der Waals surface area contributed by atoms with Crippen LogP contribution in [0.4, 0.5) is 0 Å². The van der Waals surface area contributed by atoms with Crippen molar-refractivity contribution in [2.45, 2.75) is 71.3 Å². The van der Waals surface area contributed by atoms with Gasteiger partial charge in [-0.15, -0.1) is 0 Å². The monoisotopic (exact) mass is 274 g/mol. The van der Waals surface area contributed by atoms with Crippen LogP contribution >= 0.6 is 0 Å². The topological polar surface area (TPSA) is 38.0 Å². The zero-order valence-electron chi connectivity index (χ0n) is 13.1. The molecule has 1 atom stereocenters. The van der Waals surface area contributed by atoms with Crippen LogP contribution in [0.15, 0.2) is 18.2 Å². The Morgan fingerprint density at radius 1 is 1.10 bits per heavy atom. The summed E-state index contributed by atoms with van der Waals surface area (Å²) in [6.45, 7) is 4.42. The van der Waals surface area contributed by atoms with Crippen LogP contribution in [0, 0.1) is 19.8 Å². The van der Waals surface area contributed by atoms with Crippen LogP contribution in [-0.2, 0) is 6.42 Å². The highest BCUT2D eigenvalue weighted by molar-refractivity contribution is 5.34. The van der Waals surface area contributed by atoms with E-state index in [0.29, 0.717) is 6.04 Å². The molecule has 3 N–H and O–H groups in total. The van der Waals surface area contributed by atoms with Crippen molar-refractivity contribution in [1.29, 1.82) is 0 Å². The number of aryl methyl sites for hydroxylation is 2. The molecule has 1 aliphatic rings. The normalized spacial score (nSPS) is 18.8. The predicted octanol–water partition coefficient (Wildman–Crippen LogP) is 4.04. The molecular formula is C18H30N2. The molecule has 1 saturated carbocycles. The standard InChI is InChI=1S/C18H30N2/c1-14-8-7-9-15(2)18(14)13-17(20-19)12-16-10-5-3-4-6-11-16/h7-9,16-17,20H,3-6,10-13,19H2,1-2H3. The molecule has 1 unspecified atom stereocenters. The molecule has 0 aliphatic heterocycles. The zero-order chi connectivity index (χ0) is 14.4. The van der Waals surface area contributed by atoms with Crippen LogP contribution in [0.3, 0.4) is 0 Å². The summed E-state index contributed by atoms with van der Waals surface area (Å²) in [4.78, 5) is 0. The number of nitrogens with two attached hydrogens (primary N) is 1. The maximum absolute atomic E-state index is 5.83. The second-order valence-electron chi connectivity index (χ2n) is 6.53. The van der Waals surface area contributed by atoms with Crippen molar-refractivity contribution in [2.24, 2.45) is 11.8 Å². The minimum Gasteiger partial charge on any atom is -0.271 e. The van der Waals surface area contributed by atoms with E-state index in [1.807, 2.05) is 0 Å². The molecule has 112 valence electrons. The average Bonchev–Trinajstić information content (AvgIpc) is 2.70. The molecule has 20 heavy (non-hydrogen) atoms. The quantitative estimate of drug-likeness (QED) is 0.483. The van der Waals surface area contributed by atoms with Crippen LogP contribution in [0.25, 0.3) is 0 Å². The fourth-order valence-corrected chi connectivity index (χ4v) is 3.63. The Morgan fingerprint density at radius 3 is 2.25 bits per heavy atom. The number of hydrogen-bond acceptors (Lipinski definition) is 2. The van der Waals surface area contributed by atoms with Gasteiger partial charge >= 0.3 is 0 Å². The molecule has 2 rings (SSSR count). The SMILES string of the molecule is Cc1cccc(C)c1CC(CC1CCCCCC1)NN. The largest absolute Gasteiger partial charge is 0.271 e. The van der Waals surface area contributed by atoms with Gasteiger partial charge in [-0.2, -0.15) is 0 Å². The lowest BCUT2D eigenvalue weighted by Crippen LogP contribution is -2.38. The van der Waals surface area contributed by atoms with E-state index in [2.05, 4.69) is 37.5 Å². The Bertz CT molecular complexity index is 386. The van der Waals surface area contributed by atoms with Gasteiger partial charge in [0.15, 0.2) is 0 Å². The highest BCUT2D eigenvalue weighted by Gasteiger charge is 2.18. The van der Waals surface area contributed by atoms with Gasteiger partial charge in [0.2, 0.25) is 0 Å². The first kappa shape index (κ1) is 15.5. The molecule has 1 aliphatic carbocycles. The van der Waals surface area contributed by atoms with Crippen LogP contribution < -0.4 is 11.3 Å². The third kappa shape index (κ3) is 4.32. The van der Waals surface area contributed by atoms with Crippen molar-refractivity contribution in [3.63, 3.8) is 0 Å². The number of hydrazine groups is 1. The van der Waals surface area contributed by atoms with Gasteiger partial charge in [-0.1, -0.05) is 56.7 Å². The highest BCUT2D eigenvalue weighted by atomic mass is 15.2. The van der Waals surface area contributed by atoms with E-state index >= 15 is 0 Å². The van der Waals surface area contributed by atoms with Crippen molar-refractivity contribution in [2.75, 3.05) is 0 Å². The molecule has 0 heterocycles. The molecule has 0 bridgehead atoms. The number of hydrogen-bond donors (Lipinski definition) is 2. The second-order valence-corrected chi connectivity index (χ2v) is 6.53. The van der Waals surface area contributed by atoms with Crippen LogP contribution in [0.5, 0.6) is 0 Å². The van der Waals surface area contributed by atoms with E-state index in [0.717, 1.165) is 12.3 Å². The first-order valence-corrected chi connectivity index (χ1v) is 8.22. The Morgan fingerprint density at radius 2 is 1.70 bits per heavy atom. The lowest BCUT2D eigenvalue weighted by molar-refractivity contribution is 0.352. The van der Waals surface area contributed by atoms with Gasteiger partial charge in [0.25, 0.3) is 0 Å².